The molecular weight excluding hydrogens is 164 g/mol. The predicted molar refractivity (Wildman–Crippen MR) is 51.2 cm³/mol. The van der Waals surface area contributed by atoms with Crippen LogP contribution in [0.5, 0.6) is 0 Å². The molecule has 0 aromatic carbocycles. The lowest BCUT2D eigenvalue weighted by Gasteiger charge is -2.03. The molecule has 0 aliphatic heterocycles. The van der Waals surface area contributed by atoms with Crippen molar-refractivity contribution in [1.82, 2.24) is 9.97 Å². The van der Waals surface area contributed by atoms with E-state index in [0.717, 1.165) is 17.9 Å². The Labute approximate surface area is 77.4 Å². The lowest BCUT2D eigenvalue weighted by molar-refractivity contribution is 0.853. The quantitative estimate of drug-likeness (QED) is 0.704. The molecule has 4 heteroatoms. The molecule has 0 amide bonds. The highest BCUT2D eigenvalue weighted by Gasteiger charge is 2.26. The summed E-state index contributed by atoms with van der Waals surface area (Å²) in [7, 11) is 0. The van der Waals surface area contributed by atoms with E-state index in [2.05, 4.69) is 9.97 Å². The van der Waals surface area contributed by atoms with E-state index in [1.54, 1.807) is 6.07 Å². The molecule has 0 atom stereocenters. The maximum absolute atomic E-state index is 5.66. The minimum absolute atomic E-state index is 0.556. The van der Waals surface area contributed by atoms with E-state index >= 15 is 0 Å². The molecule has 0 unspecified atom stereocenters. The molecule has 13 heavy (non-hydrogen) atoms. The van der Waals surface area contributed by atoms with Gasteiger partial charge in [-0.05, 0) is 19.4 Å². The van der Waals surface area contributed by atoms with E-state index in [-0.39, 0.29) is 0 Å². The average molecular weight is 178 g/mol. The number of anilines is 1. The van der Waals surface area contributed by atoms with Crippen molar-refractivity contribution in [2.45, 2.75) is 25.2 Å². The fraction of sp³-hybridized carbons (Fsp3) is 0.556. The van der Waals surface area contributed by atoms with Gasteiger partial charge in [-0.25, -0.2) is 9.97 Å². The third kappa shape index (κ3) is 1.95. The van der Waals surface area contributed by atoms with Crippen LogP contribution in [0.25, 0.3) is 0 Å². The number of nitrogen functional groups attached to an aromatic ring is 1. The van der Waals surface area contributed by atoms with Gasteiger partial charge in [0, 0.05) is 24.1 Å². The zero-order valence-corrected chi connectivity index (χ0v) is 7.53. The van der Waals surface area contributed by atoms with Gasteiger partial charge >= 0.3 is 0 Å². The summed E-state index contributed by atoms with van der Waals surface area (Å²) in [4.78, 5) is 8.62. The van der Waals surface area contributed by atoms with Crippen LogP contribution in [0.15, 0.2) is 6.07 Å². The number of aromatic nitrogens is 2. The van der Waals surface area contributed by atoms with Crippen molar-refractivity contribution >= 4 is 5.82 Å². The summed E-state index contributed by atoms with van der Waals surface area (Å²) < 4.78 is 0. The van der Waals surface area contributed by atoms with Gasteiger partial charge in [-0.15, -0.1) is 0 Å². The van der Waals surface area contributed by atoms with E-state index < -0.39 is 0 Å². The Morgan fingerprint density at radius 2 is 2.15 bits per heavy atom. The Balaban J connectivity index is 2.25. The van der Waals surface area contributed by atoms with Gasteiger partial charge in [-0.2, -0.15) is 0 Å². The highest BCUT2D eigenvalue weighted by Crippen LogP contribution is 2.38. The van der Waals surface area contributed by atoms with Gasteiger partial charge in [-0.1, -0.05) is 0 Å². The molecule has 70 valence electrons. The Morgan fingerprint density at radius 3 is 2.77 bits per heavy atom. The first kappa shape index (κ1) is 8.44. The van der Waals surface area contributed by atoms with Crippen LogP contribution in [0.4, 0.5) is 5.82 Å². The molecule has 0 bridgehead atoms. The van der Waals surface area contributed by atoms with Crippen LogP contribution >= 0.6 is 0 Å². The second-order valence-corrected chi connectivity index (χ2v) is 3.46. The van der Waals surface area contributed by atoms with Gasteiger partial charge in [0.25, 0.3) is 0 Å². The van der Waals surface area contributed by atoms with Crippen molar-refractivity contribution in [3.8, 4) is 0 Å². The topological polar surface area (TPSA) is 77.8 Å². The zero-order valence-electron chi connectivity index (χ0n) is 7.53. The molecule has 1 aliphatic carbocycles. The Kier molecular flexibility index (Phi) is 2.14. The van der Waals surface area contributed by atoms with Gasteiger partial charge in [0.15, 0.2) is 0 Å². The number of nitrogens with two attached hydrogens (primary N) is 2. The Hall–Kier alpha value is -1.16. The summed E-state index contributed by atoms with van der Waals surface area (Å²) in [5.74, 6) is 2.03. The van der Waals surface area contributed by atoms with Gasteiger partial charge in [0.05, 0.1) is 0 Å². The molecule has 1 aromatic heterocycles. The van der Waals surface area contributed by atoms with Crippen LogP contribution in [-0.2, 0) is 6.42 Å². The van der Waals surface area contributed by atoms with Gasteiger partial charge < -0.3 is 11.5 Å². The van der Waals surface area contributed by atoms with Crippen LogP contribution < -0.4 is 11.5 Å². The lowest BCUT2D eigenvalue weighted by Crippen LogP contribution is -2.08. The summed E-state index contributed by atoms with van der Waals surface area (Å²) in [5.41, 5.74) is 12.1. The molecule has 2 rings (SSSR count). The molecule has 1 heterocycles. The molecule has 0 radical (unpaired) electrons. The van der Waals surface area contributed by atoms with Crippen molar-refractivity contribution in [1.29, 1.82) is 0 Å². The van der Waals surface area contributed by atoms with E-state index in [0.29, 0.717) is 18.3 Å². The Morgan fingerprint density at radius 1 is 1.38 bits per heavy atom. The second-order valence-electron chi connectivity index (χ2n) is 3.46. The lowest BCUT2D eigenvalue weighted by atomic mass is 10.2. The second kappa shape index (κ2) is 3.30. The molecule has 0 saturated heterocycles. The van der Waals surface area contributed by atoms with Crippen molar-refractivity contribution in [2.24, 2.45) is 5.73 Å². The smallest absolute Gasteiger partial charge is 0.134 e. The van der Waals surface area contributed by atoms with Gasteiger partial charge in [0.1, 0.15) is 11.6 Å². The zero-order chi connectivity index (χ0) is 9.26. The standard InChI is InChI=1S/C9H14N4/c10-4-3-7-5-8(11)13-9(12-7)6-1-2-6/h5-6H,1-4,10H2,(H2,11,12,13). The highest BCUT2D eigenvalue weighted by atomic mass is 15.0. The summed E-state index contributed by atoms with van der Waals surface area (Å²) in [6, 6.07) is 1.80. The number of rotatable bonds is 3. The highest BCUT2D eigenvalue weighted by molar-refractivity contribution is 5.31. The van der Waals surface area contributed by atoms with E-state index in [1.807, 2.05) is 0 Å². The van der Waals surface area contributed by atoms with E-state index in [1.165, 1.54) is 12.8 Å². The minimum Gasteiger partial charge on any atom is -0.384 e. The summed E-state index contributed by atoms with van der Waals surface area (Å²) >= 11 is 0. The van der Waals surface area contributed by atoms with Gasteiger partial charge in [0.2, 0.25) is 0 Å². The monoisotopic (exact) mass is 178 g/mol. The van der Waals surface area contributed by atoms with Crippen LogP contribution in [-0.4, -0.2) is 16.5 Å². The molecular formula is C9H14N4. The maximum atomic E-state index is 5.66. The largest absolute Gasteiger partial charge is 0.384 e. The number of hydrogen-bond acceptors (Lipinski definition) is 4. The normalized spacial score (nSPS) is 16.1. The van der Waals surface area contributed by atoms with Crippen LogP contribution in [0.2, 0.25) is 0 Å². The molecule has 1 saturated carbocycles. The van der Waals surface area contributed by atoms with E-state index in [9.17, 15) is 0 Å². The Bertz CT molecular complexity index is 306. The number of hydrogen-bond donors (Lipinski definition) is 2. The van der Waals surface area contributed by atoms with Crippen LogP contribution in [0.1, 0.15) is 30.3 Å². The first-order chi connectivity index (χ1) is 6.29. The molecule has 1 aromatic rings. The van der Waals surface area contributed by atoms with Crippen LogP contribution in [0, 0.1) is 0 Å². The third-order valence-corrected chi connectivity index (χ3v) is 2.16. The SMILES string of the molecule is NCCc1cc(N)nc(C2CC2)n1. The minimum atomic E-state index is 0.556. The fourth-order valence-electron chi connectivity index (χ4n) is 1.34. The molecule has 0 spiro atoms. The summed E-state index contributed by atoms with van der Waals surface area (Å²) in [5, 5.41) is 0. The van der Waals surface area contributed by atoms with Crippen LogP contribution in [0.3, 0.4) is 0 Å². The van der Waals surface area contributed by atoms with Crippen molar-refractivity contribution in [2.75, 3.05) is 12.3 Å². The molecule has 1 fully saturated rings. The van der Waals surface area contributed by atoms with Crippen molar-refractivity contribution in [3.05, 3.63) is 17.6 Å². The van der Waals surface area contributed by atoms with E-state index in [4.69, 9.17) is 11.5 Å². The molecule has 1 aliphatic rings. The van der Waals surface area contributed by atoms with Gasteiger partial charge in [-0.3, -0.25) is 0 Å². The fourth-order valence-corrected chi connectivity index (χ4v) is 1.34. The first-order valence-electron chi connectivity index (χ1n) is 4.63. The predicted octanol–water partition coefficient (Wildman–Crippen LogP) is 0.437. The summed E-state index contributed by atoms with van der Waals surface area (Å²) in [6.45, 7) is 0.612. The van der Waals surface area contributed by atoms with Crippen molar-refractivity contribution in [3.63, 3.8) is 0 Å². The molecule has 4 nitrogen and oxygen atoms in total. The first-order valence-corrected chi connectivity index (χ1v) is 4.63. The third-order valence-electron chi connectivity index (χ3n) is 2.16. The molecule has 4 N–H and O–H groups in total. The van der Waals surface area contributed by atoms with Crippen molar-refractivity contribution < 1.29 is 0 Å². The average Bonchev–Trinajstić information content (AvgIpc) is 2.85. The summed E-state index contributed by atoms with van der Waals surface area (Å²) in [6.07, 6.45) is 3.18. The number of nitrogens with zero attached hydrogens (tertiary/aromatic N) is 2. The maximum Gasteiger partial charge on any atom is 0.134 e.